The molecule has 0 aliphatic carbocycles. The van der Waals surface area contributed by atoms with Gasteiger partial charge in [-0.3, -0.25) is 14.9 Å². The van der Waals surface area contributed by atoms with Crippen molar-refractivity contribution in [2.24, 2.45) is 10.9 Å². The highest BCUT2D eigenvalue weighted by Gasteiger charge is 2.43. The maximum Gasteiger partial charge on any atom is 0.321 e. The molecule has 1 saturated heterocycles. The lowest BCUT2D eigenvalue weighted by Crippen LogP contribution is -2.57. The molecule has 0 spiro atoms. The van der Waals surface area contributed by atoms with Gasteiger partial charge in [-0.1, -0.05) is 0 Å². The van der Waals surface area contributed by atoms with Gasteiger partial charge in [-0.25, -0.2) is 15.0 Å². The zero-order valence-electron chi connectivity index (χ0n) is 19.4. The number of rotatable bonds is 6. The van der Waals surface area contributed by atoms with Crippen LogP contribution in [0, 0.1) is 5.92 Å². The van der Waals surface area contributed by atoms with Crippen LogP contribution < -0.4 is 19.7 Å². The first-order valence-corrected chi connectivity index (χ1v) is 11.1. The molecule has 1 aromatic carbocycles. The van der Waals surface area contributed by atoms with Crippen LogP contribution in [0.5, 0.6) is 11.5 Å². The number of anilines is 1. The summed E-state index contributed by atoms with van der Waals surface area (Å²) in [6.07, 6.45) is 3.42. The fraction of sp³-hybridized carbons (Fsp3) is 0.435. The molecule has 3 heterocycles. The van der Waals surface area contributed by atoms with Crippen LogP contribution in [-0.4, -0.2) is 79.7 Å². The second-order valence-corrected chi connectivity index (χ2v) is 7.75. The maximum absolute atomic E-state index is 13.1. The number of esters is 1. The summed E-state index contributed by atoms with van der Waals surface area (Å²) < 4.78 is 16.0. The molecule has 2 aliphatic rings. The van der Waals surface area contributed by atoms with Crippen molar-refractivity contribution < 1.29 is 23.8 Å². The van der Waals surface area contributed by atoms with E-state index in [1.165, 1.54) is 7.11 Å². The van der Waals surface area contributed by atoms with Gasteiger partial charge in [0.25, 0.3) is 0 Å². The molecule has 180 valence electrons. The van der Waals surface area contributed by atoms with Crippen molar-refractivity contribution in [1.82, 2.24) is 20.2 Å². The molecule has 1 fully saturated rings. The number of benzene rings is 1. The number of carbonyl (C=O) groups is 2. The van der Waals surface area contributed by atoms with E-state index in [-0.39, 0.29) is 6.61 Å². The number of guanidine groups is 1. The lowest BCUT2D eigenvalue weighted by molar-refractivity contribution is -0.153. The van der Waals surface area contributed by atoms with Crippen LogP contribution in [0.25, 0.3) is 0 Å². The van der Waals surface area contributed by atoms with E-state index in [1.807, 2.05) is 4.90 Å². The van der Waals surface area contributed by atoms with Gasteiger partial charge in [-0.15, -0.1) is 0 Å². The standard InChI is InChI=1S/C23H28N6O5/c1-4-34-21(31)18-19(16-7-6-15(32-2)14-17(16)33-3)26-23(27-20(18)30)29-12-10-28(11-13-29)22-24-8-5-9-25-22/h5-9,14,18-19H,4,10-13H2,1-3H3,(H,26,27,30)/t18-,19+/m1/s1. The first-order chi connectivity index (χ1) is 16.5. The molecule has 0 unspecified atom stereocenters. The summed E-state index contributed by atoms with van der Waals surface area (Å²) in [7, 11) is 3.08. The number of hydrogen-bond donors (Lipinski definition) is 1. The minimum Gasteiger partial charge on any atom is -0.497 e. The zero-order valence-corrected chi connectivity index (χ0v) is 19.4. The Morgan fingerprint density at radius 1 is 1.09 bits per heavy atom. The van der Waals surface area contributed by atoms with Crippen LogP contribution in [0.2, 0.25) is 0 Å². The minimum atomic E-state index is -1.13. The van der Waals surface area contributed by atoms with Crippen LogP contribution >= 0.6 is 0 Å². The lowest BCUT2D eigenvalue weighted by atomic mass is 9.90. The van der Waals surface area contributed by atoms with Crippen molar-refractivity contribution >= 4 is 23.8 Å². The van der Waals surface area contributed by atoms with E-state index in [4.69, 9.17) is 19.2 Å². The van der Waals surface area contributed by atoms with Crippen molar-refractivity contribution in [2.75, 3.05) is 51.9 Å². The van der Waals surface area contributed by atoms with Gasteiger partial charge < -0.3 is 24.0 Å². The fourth-order valence-electron chi connectivity index (χ4n) is 4.08. The Kier molecular flexibility index (Phi) is 7.09. The Labute approximate surface area is 197 Å². The first-order valence-electron chi connectivity index (χ1n) is 11.1. The van der Waals surface area contributed by atoms with Crippen molar-refractivity contribution in [3.05, 3.63) is 42.2 Å². The smallest absolute Gasteiger partial charge is 0.321 e. The quantitative estimate of drug-likeness (QED) is 0.490. The number of aromatic nitrogens is 2. The van der Waals surface area contributed by atoms with E-state index in [9.17, 15) is 9.59 Å². The van der Waals surface area contributed by atoms with Gasteiger partial charge >= 0.3 is 5.97 Å². The largest absolute Gasteiger partial charge is 0.497 e. The van der Waals surface area contributed by atoms with E-state index in [0.29, 0.717) is 55.1 Å². The molecule has 1 amide bonds. The molecule has 34 heavy (non-hydrogen) atoms. The van der Waals surface area contributed by atoms with E-state index in [2.05, 4.69) is 20.2 Å². The van der Waals surface area contributed by atoms with Gasteiger partial charge in [0.2, 0.25) is 17.8 Å². The number of methoxy groups -OCH3 is 2. The second kappa shape index (κ2) is 10.4. The van der Waals surface area contributed by atoms with Crippen molar-refractivity contribution in [3.8, 4) is 11.5 Å². The van der Waals surface area contributed by atoms with E-state index in [1.54, 1.807) is 50.7 Å². The van der Waals surface area contributed by atoms with Gasteiger partial charge in [0, 0.05) is 50.2 Å². The normalized spacial score (nSPS) is 20.3. The second-order valence-electron chi connectivity index (χ2n) is 7.75. The summed E-state index contributed by atoms with van der Waals surface area (Å²) in [5, 5.41) is 2.81. The highest BCUT2D eigenvalue weighted by atomic mass is 16.5. The van der Waals surface area contributed by atoms with Crippen molar-refractivity contribution in [1.29, 1.82) is 0 Å². The van der Waals surface area contributed by atoms with Crippen molar-refractivity contribution in [3.63, 3.8) is 0 Å². The molecule has 0 radical (unpaired) electrons. The zero-order chi connectivity index (χ0) is 24.1. The molecular formula is C23H28N6O5. The van der Waals surface area contributed by atoms with Crippen LogP contribution in [0.3, 0.4) is 0 Å². The van der Waals surface area contributed by atoms with Crippen LogP contribution in [0.1, 0.15) is 18.5 Å². The summed E-state index contributed by atoms with van der Waals surface area (Å²) in [4.78, 5) is 43.4. The highest BCUT2D eigenvalue weighted by molar-refractivity contribution is 6.08. The van der Waals surface area contributed by atoms with Gasteiger partial charge in [-0.05, 0) is 25.1 Å². The summed E-state index contributed by atoms with van der Waals surface area (Å²) >= 11 is 0. The topological polar surface area (TPSA) is 118 Å². The summed E-state index contributed by atoms with van der Waals surface area (Å²) in [5.74, 6) is -0.0663. The maximum atomic E-state index is 13.1. The Morgan fingerprint density at radius 3 is 2.44 bits per heavy atom. The molecule has 1 N–H and O–H groups in total. The Bertz CT molecular complexity index is 1060. The molecule has 11 nitrogen and oxygen atoms in total. The number of hydrogen-bond acceptors (Lipinski definition) is 10. The molecule has 11 heteroatoms. The molecular weight excluding hydrogens is 440 g/mol. The summed E-state index contributed by atoms with van der Waals surface area (Å²) in [6.45, 7) is 4.40. The van der Waals surface area contributed by atoms with Gasteiger partial charge in [0.05, 0.1) is 20.8 Å². The lowest BCUT2D eigenvalue weighted by Gasteiger charge is -2.39. The van der Waals surface area contributed by atoms with Gasteiger partial charge in [0.1, 0.15) is 17.5 Å². The first kappa shape index (κ1) is 23.3. The van der Waals surface area contributed by atoms with Gasteiger partial charge in [-0.2, -0.15) is 0 Å². The number of nitrogens with one attached hydrogen (secondary N) is 1. The fourth-order valence-corrected chi connectivity index (χ4v) is 4.08. The highest BCUT2D eigenvalue weighted by Crippen LogP contribution is 2.38. The minimum absolute atomic E-state index is 0.162. The van der Waals surface area contributed by atoms with Crippen LogP contribution in [0.4, 0.5) is 5.95 Å². The predicted molar refractivity (Wildman–Crippen MR) is 124 cm³/mol. The number of carbonyl (C=O) groups excluding carboxylic acids is 2. The monoisotopic (exact) mass is 468 g/mol. The molecule has 4 rings (SSSR count). The molecule has 0 saturated carbocycles. The average Bonchev–Trinajstić information content (AvgIpc) is 2.88. The van der Waals surface area contributed by atoms with E-state index < -0.39 is 23.8 Å². The molecule has 2 atom stereocenters. The Hall–Kier alpha value is -3.89. The number of piperazine rings is 1. The van der Waals surface area contributed by atoms with Gasteiger partial charge in [0.15, 0.2) is 5.92 Å². The van der Waals surface area contributed by atoms with Crippen LogP contribution in [0.15, 0.2) is 41.7 Å². The number of amides is 1. The molecule has 1 aromatic heterocycles. The van der Waals surface area contributed by atoms with E-state index in [0.717, 1.165) is 0 Å². The third-order valence-corrected chi connectivity index (χ3v) is 5.81. The van der Waals surface area contributed by atoms with Crippen molar-refractivity contribution in [2.45, 2.75) is 13.0 Å². The summed E-state index contributed by atoms with van der Waals surface area (Å²) in [5.41, 5.74) is 0.602. The Balaban J connectivity index is 1.63. The SMILES string of the molecule is CCOC(=O)[C@H]1C(=O)NC(N2CCN(c3ncccn3)CC2)=N[C@H]1c1ccc(OC)cc1OC. The number of aliphatic imine (C=N–C) groups is 1. The predicted octanol–water partition coefficient (Wildman–Crippen LogP) is 1.02. The average molecular weight is 469 g/mol. The number of ether oxygens (including phenoxy) is 3. The third-order valence-electron chi connectivity index (χ3n) is 5.81. The Morgan fingerprint density at radius 2 is 1.79 bits per heavy atom. The number of nitrogens with zero attached hydrogens (tertiary/aromatic N) is 5. The summed E-state index contributed by atoms with van der Waals surface area (Å²) in [6, 6.07) is 6.19. The molecule has 2 aromatic rings. The van der Waals surface area contributed by atoms with E-state index >= 15 is 0 Å². The van der Waals surface area contributed by atoms with Crippen LogP contribution in [-0.2, 0) is 14.3 Å². The molecule has 2 aliphatic heterocycles. The molecule has 0 bridgehead atoms. The third kappa shape index (κ3) is 4.73.